The lowest BCUT2D eigenvalue weighted by atomic mass is 9.95. The van der Waals surface area contributed by atoms with Crippen LogP contribution < -0.4 is 68.9 Å². The quantitative estimate of drug-likeness (QED) is 0.0277. The van der Waals surface area contributed by atoms with Gasteiger partial charge in [0.2, 0.25) is 5.91 Å². The van der Waals surface area contributed by atoms with Gasteiger partial charge < -0.3 is 73.7 Å². The molecule has 4 aromatic carbocycles. The van der Waals surface area contributed by atoms with Gasteiger partial charge in [0.25, 0.3) is 23.6 Å². The predicted octanol–water partition coefficient (Wildman–Crippen LogP) is 4.42. The van der Waals surface area contributed by atoms with Gasteiger partial charge in [-0.1, -0.05) is 24.3 Å². The van der Waals surface area contributed by atoms with E-state index >= 15 is 0 Å². The molecule has 0 bridgehead atoms. The summed E-state index contributed by atoms with van der Waals surface area (Å²) < 4.78 is 22.0. The van der Waals surface area contributed by atoms with Crippen LogP contribution in [-0.4, -0.2) is 137 Å². The summed E-state index contributed by atoms with van der Waals surface area (Å²) in [6.45, 7) is 2.90. The van der Waals surface area contributed by atoms with Crippen molar-refractivity contribution in [3.05, 3.63) is 117 Å². The first-order valence-corrected chi connectivity index (χ1v) is 30.3. The topological polar surface area (TPSA) is 386 Å². The molecule has 0 fully saturated rings. The van der Waals surface area contributed by atoms with Crippen LogP contribution in [0.4, 0.5) is 0 Å². The zero-order valence-corrected chi connectivity index (χ0v) is 52.1. The summed E-state index contributed by atoms with van der Waals surface area (Å²) in [5.74, 6) is -3.72. The average Bonchev–Trinajstić information content (AvgIpc) is 3.19. The zero-order valence-electron chi connectivity index (χ0n) is 52.1. The molecule has 0 spiro atoms. The Labute approximate surface area is 521 Å². The number of ketones is 5. The van der Waals surface area contributed by atoms with Crippen molar-refractivity contribution in [2.45, 2.75) is 153 Å². The minimum absolute atomic E-state index is 0.0303. The maximum Gasteiger partial charge on any atom is 0.255 e. The lowest BCUT2D eigenvalue weighted by Crippen LogP contribution is -2.42. The van der Waals surface area contributed by atoms with Crippen molar-refractivity contribution in [3.8, 4) is 23.0 Å². The van der Waals surface area contributed by atoms with Gasteiger partial charge in [-0.15, -0.1) is 0 Å². The fourth-order valence-corrected chi connectivity index (χ4v) is 10.2. The van der Waals surface area contributed by atoms with Gasteiger partial charge in [-0.3, -0.25) is 43.2 Å². The first-order valence-electron chi connectivity index (χ1n) is 30.3. The Morgan fingerprint density at radius 1 is 0.371 bits per heavy atom. The summed E-state index contributed by atoms with van der Waals surface area (Å²) in [6.07, 6.45) is 5.39. The molecule has 4 atom stereocenters. The van der Waals surface area contributed by atoms with E-state index in [2.05, 4.69) is 21.3 Å². The maximum atomic E-state index is 14.4. The Balaban J connectivity index is 1.55. The normalized spacial score (nSPS) is 12.3. The van der Waals surface area contributed by atoms with Crippen LogP contribution in [0.15, 0.2) is 72.8 Å². The molecule has 23 nitrogen and oxygen atoms in total. The average molecular weight is 1230 g/mol. The van der Waals surface area contributed by atoms with Crippen molar-refractivity contribution in [1.82, 2.24) is 21.3 Å². The van der Waals surface area contributed by atoms with E-state index in [1.807, 2.05) is 0 Å². The summed E-state index contributed by atoms with van der Waals surface area (Å²) >= 11 is 0. The Bertz CT molecular complexity index is 3080. The molecule has 0 unspecified atom stereocenters. The van der Waals surface area contributed by atoms with Crippen LogP contribution >= 0.6 is 0 Å². The second kappa shape index (κ2) is 38.8. The number of primary amides is 1. The number of hydrogen-bond donors (Lipinski definition) is 9. The number of amides is 5. The largest absolute Gasteiger partial charge is 0.496 e. The molecule has 0 radical (unpaired) electrons. The fraction of sp³-hybridized carbons (Fsp3) is 0.485. The third-order valence-corrected chi connectivity index (χ3v) is 15.1. The van der Waals surface area contributed by atoms with Gasteiger partial charge in [0.05, 0.1) is 74.9 Å². The van der Waals surface area contributed by atoms with Crippen LogP contribution in [0.25, 0.3) is 0 Å². The highest BCUT2D eigenvalue weighted by Crippen LogP contribution is 2.27. The monoisotopic (exact) mass is 1230 g/mol. The molecule has 0 aromatic heterocycles. The lowest BCUT2D eigenvalue weighted by molar-refractivity contribution is -0.128. The number of nitrogens with two attached hydrogens (primary N) is 5. The third-order valence-electron chi connectivity index (χ3n) is 15.1. The Morgan fingerprint density at radius 2 is 0.640 bits per heavy atom. The summed E-state index contributed by atoms with van der Waals surface area (Å²) in [7, 11) is 5.54. The molecule has 5 amide bonds. The van der Waals surface area contributed by atoms with Gasteiger partial charge in [-0.25, -0.2) is 0 Å². The summed E-state index contributed by atoms with van der Waals surface area (Å²) in [4.78, 5) is 135. The molecule has 0 heterocycles. The minimum atomic E-state index is -1.05. The molecule has 0 saturated heterocycles. The summed E-state index contributed by atoms with van der Waals surface area (Å²) in [6, 6.07) is 14.8. The summed E-state index contributed by atoms with van der Waals surface area (Å²) in [5, 5.41) is 11.4. The molecule has 14 N–H and O–H groups in total. The van der Waals surface area contributed by atoms with Crippen LogP contribution in [0, 0.1) is 0 Å². The van der Waals surface area contributed by atoms with E-state index < -0.39 is 53.6 Å². The number of methoxy groups -OCH3 is 4. The fourth-order valence-electron chi connectivity index (χ4n) is 10.2. The van der Waals surface area contributed by atoms with Crippen LogP contribution in [0.3, 0.4) is 0 Å². The number of Topliss-reactive ketones (excluding diaryl/α,β-unsaturated/α-hetero) is 5. The maximum absolute atomic E-state index is 14.4. The SMILES string of the molecule is COc1ccc(CC(=O)[C@H](CCCCN)NC(=O)c2cc(CC(=O)[C@H](CCCCN)NC(=O)c3cc(CC(=O)[C@H](CCCCN)NC(=O)c4cc(CC(=O)[C@H](CCCCN)NC(=O)CCCC(C)=O)ccc4OC)ccc3OC)ccc2OC)cc1C(N)=O. The molecule has 0 saturated carbocycles. The van der Waals surface area contributed by atoms with E-state index in [4.69, 9.17) is 47.6 Å². The first kappa shape index (κ1) is 73.1. The van der Waals surface area contributed by atoms with Gasteiger partial charge in [-0.05, 0) is 187 Å². The molecule has 4 aromatic rings. The molecular weight excluding hydrogens is 1140 g/mol. The second-order valence-corrected chi connectivity index (χ2v) is 22.0. The van der Waals surface area contributed by atoms with Crippen molar-refractivity contribution in [2.75, 3.05) is 54.6 Å². The lowest BCUT2D eigenvalue weighted by Gasteiger charge is -2.21. The number of unbranched alkanes of at least 4 members (excludes halogenated alkanes) is 4. The van der Waals surface area contributed by atoms with Crippen molar-refractivity contribution in [2.24, 2.45) is 28.7 Å². The van der Waals surface area contributed by atoms with Crippen molar-refractivity contribution in [3.63, 3.8) is 0 Å². The van der Waals surface area contributed by atoms with Gasteiger partial charge >= 0.3 is 0 Å². The van der Waals surface area contributed by atoms with Gasteiger partial charge in [0, 0.05) is 38.5 Å². The van der Waals surface area contributed by atoms with E-state index in [9.17, 15) is 47.9 Å². The number of nitrogens with one attached hydrogen (secondary N) is 4. The van der Waals surface area contributed by atoms with Crippen LogP contribution in [0.5, 0.6) is 23.0 Å². The molecular formula is C66H91N9O14. The molecule has 0 aliphatic rings. The number of benzene rings is 4. The van der Waals surface area contributed by atoms with E-state index in [1.54, 1.807) is 30.3 Å². The second-order valence-electron chi connectivity index (χ2n) is 22.0. The standard InChI is InChI=1S/C66H91N9O14/c1-41(76)15-14-20-62(81)72-50(16-6-10-29-67)54(77)38-43-22-26-59(87-3)47(34-43)64(83)74-52(18-8-12-31-69)56(79)40-45-24-28-61(89-5)49(36-45)66(85)75-53(19-9-13-32-70)57(80)39-44-23-27-60(88-4)48(35-44)65(84)73-51(17-7-11-30-68)55(78)37-42-21-25-58(86-2)46(33-42)63(71)82/h21-28,33-36,50-53H,6-20,29-32,37-40,67-70H2,1-5H3,(H2,71,82)(H,72,81)(H,73,84)(H,74,83)(H,75,85)/t50-,51-,52-,53-/m0/s1. The number of carbonyl (C=O) groups excluding carboxylic acids is 10. The first-order chi connectivity index (χ1) is 42.7. The number of ether oxygens (including phenoxy) is 4. The molecule has 0 aliphatic heterocycles. The van der Waals surface area contributed by atoms with Crippen molar-refractivity contribution in [1.29, 1.82) is 0 Å². The van der Waals surface area contributed by atoms with Gasteiger partial charge in [-0.2, -0.15) is 0 Å². The molecule has 484 valence electrons. The number of hydrogen-bond acceptors (Lipinski definition) is 18. The molecule has 4 rings (SSSR count). The van der Waals surface area contributed by atoms with Gasteiger partial charge in [0.1, 0.15) is 28.8 Å². The van der Waals surface area contributed by atoms with E-state index in [0.29, 0.717) is 113 Å². The molecule has 89 heavy (non-hydrogen) atoms. The van der Waals surface area contributed by atoms with Crippen LogP contribution in [-0.2, 0) is 54.5 Å². The highest BCUT2D eigenvalue weighted by atomic mass is 16.5. The minimum Gasteiger partial charge on any atom is -0.496 e. The highest BCUT2D eigenvalue weighted by Gasteiger charge is 2.29. The van der Waals surface area contributed by atoms with Gasteiger partial charge in [0.15, 0.2) is 23.1 Å². The smallest absolute Gasteiger partial charge is 0.255 e. The Morgan fingerprint density at radius 3 is 0.899 bits per heavy atom. The summed E-state index contributed by atoms with van der Waals surface area (Å²) in [5.41, 5.74) is 30.7. The van der Waals surface area contributed by atoms with Crippen LogP contribution in [0.1, 0.15) is 167 Å². The highest BCUT2D eigenvalue weighted by molar-refractivity contribution is 6.04. The zero-order chi connectivity index (χ0) is 65.4. The van der Waals surface area contributed by atoms with Crippen molar-refractivity contribution < 1.29 is 66.9 Å². The number of rotatable bonds is 44. The number of carbonyl (C=O) groups is 10. The third kappa shape index (κ3) is 23.9. The van der Waals surface area contributed by atoms with Crippen molar-refractivity contribution >= 4 is 58.5 Å². The van der Waals surface area contributed by atoms with E-state index in [1.165, 1.54) is 77.8 Å². The van der Waals surface area contributed by atoms with Crippen LogP contribution in [0.2, 0.25) is 0 Å². The van der Waals surface area contributed by atoms with E-state index in [-0.39, 0.29) is 132 Å². The Hall–Kier alpha value is -8.38. The molecule has 23 heteroatoms. The van der Waals surface area contributed by atoms with E-state index in [0.717, 1.165) is 0 Å². The molecule has 0 aliphatic carbocycles. The predicted molar refractivity (Wildman–Crippen MR) is 337 cm³/mol. The Kier molecular flexibility index (Phi) is 31.9.